The van der Waals surface area contributed by atoms with Gasteiger partial charge in [0.15, 0.2) is 0 Å². The van der Waals surface area contributed by atoms with Crippen molar-refractivity contribution in [3.05, 3.63) is 35.4 Å². The molecule has 20 heavy (non-hydrogen) atoms. The zero-order valence-corrected chi connectivity index (χ0v) is 12.6. The van der Waals surface area contributed by atoms with Crippen molar-refractivity contribution in [1.82, 2.24) is 0 Å². The summed E-state index contributed by atoms with van der Waals surface area (Å²) in [5.41, 5.74) is 2.34. The van der Waals surface area contributed by atoms with E-state index < -0.39 is 16.4 Å². The van der Waals surface area contributed by atoms with Crippen LogP contribution < -0.4 is 5.14 Å². The van der Waals surface area contributed by atoms with Crippen LogP contribution in [0.1, 0.15) is 37.3 Å². The van der Waals surface area contributed by atoms with Crippen molar-refractivity contribution < 1.29 is 17.7 Å². The molecule has 6 heteroatoms. The van der Waals surface area contributed by atoms with E-state index in [0.717, 1.165) is 24.8 Å². The van der Waals surface area contributed by atoms with E-state index in [1.165, 1.54) is 5.56 Å². The largest absolute Gasteiger partial charge is 0.393 e. The topological polar surface area (TPSA) is 89.6 Å². The summed E-state index contributed by atoms with van der Waals surface area (Å²) < 4.78 is 25.7. The van der Waals surface area contributed by atoms with Crippen molar-refractivity contribution in [3.63, 3.8) is 0 Å². The van der Waals surface area contributed by atoms with Crippen LogP contribution in [0.2, 0.25) is 0 Å². The van der Waals surface area contributed by atoms with Crippen LogP contribution in [0.25, 0.3) is 0 Å². The molecular formula is C14H23NO4S. The molecule has 0 radical (unpaired) electrons. The summed E-state index contributed by atoms with van der Waals surface area (Å²) in [4.78, 5) is 0. The van der Waals surface area contributed by atoms with Crippen molar-refractivity contribution in [3.8, 4) is 0 Å². The summed E-state index contributed by atoms with van der Waals surface area (Å²) in [5.74, 6) is 0. The minimum absolute atomic E-state index is 0.100. The third kappa shape index (κ3) is 7.00. The summed E-state index contributed by atoms with van der Waals surface area (Å²) in [7, 11) is -3.92. The van der Waals surface area contributed by atoms with Crippen LogP contribution in [0.15, 0.2) is 24.3 Å². The Morgan fingerprint density at radius 2 is 1.95 bits per heavy atom. The van der Waals surface area contributed by atoms with Crippen molar-refractivity contribution in [2.45, 2.75) is 45.1 Å². The zero-order valence-electron chi connectivity index (χ0n) is 11.8. The molecule has 1 atom stereocenters. The van der Waals surface area contributed by atoms with E-state index in [2.05, 4.69) is 17.2 Å². The Morgan fingerprint density at radius 3 is 2.55 bits per heavy atom. The Balaban J connectivity index is 2.50. The van der Waals surface area contributed by atoms with E-state index in [1.54, 1.807) is 0 Å². The van der Waals surface area contributed by atoms with Crippen LogP contribution in [-0.4, -0.2) is 26.2 Å². The van der Waals surface area contributed by atoms with Crippen LogP contribution >= 0.6 is 0 Å². The van der Waals surface area contributed by atoms with Crippen LogP contribution in [0.3, 0.4) is 0 Å². The predicted molar refractivity (Wildman–Crippen MR) is 78.4 cm³/mol. The second kappa shape index (κ2) is 8.36. The predicted octanol–water partition coefficient (Wildman–Crippen LogP) is 1.54. The van der Waals surface area contributed by atoms with Gasteiger partial charge in [0.05, 0.1) is 12.7 Å². The van der Waals surface area contributed by atoms with Gasteiger partial charge in [0.1, 0.15) is 0 Å². The summed E-state index contributed by atoms with van der Waals surface area (Å²) in [5, 5.41) is 14.7. The van der Waals surface area contributed by atoms with Gasteiger partial charge < -0.3 is 5.11 Å². The lowest BCUT2D eigenvalue weighted by Gasteiger charge is -2.13. The highest BCUT2D eigenvalue weighted by Crippen LogP contribution is 2.15. The van der Waals surface area contributed by atoms with E-state index in [1.807, 2.05) is 18.2 Å². The Hall–Kier alpha value is -0.950. The number of hydrogen-bond donors (Lipinski definition) is 2. The van der Waals surface area contributed by atoms with Crippen molar-refractivity contribution >= 4 is 10.3 Å². The summed E-state index contributed by atoms with van der Waals surface area (Å²) >= 11 is 0. The zero-order chi connectivity index (χ0) is 15.0. The van der Waals surface area contributed by atoms with Crippen molar-refractivity contribution in [2.24, 2.45) is 5.14 Å². The molecule has 0 saturated carbocycles. The molecule has 114 valence electrons. The van der Waals surface area contributed by atoms with Gasteiger partial charge in [0.2, 0.25) is 0 Å². The summed E-state index contributed by atoms with van der Waals surface area (Å²) in [6, 6.07) is 8.00. The number of hydrogen-bond acceptors (Lipinski definition) is 4. The van der Waals surface area contributed by atoms with Gasteiger partial charge in [-0.05, 0) is 36.8 Å². The fourth-order valence-electron chi connectivity index (χ4n) is 2.02. The molecule has 0 aliphatic carbocycles. The second-order valence-corrected chi connectivity index (χ2v) is 6.05. The summed E-state index contributed by atoms with van der Waals surface area (Å²) in [6.07, 6.45) is 3.32. The van der Waals surface area contributed by atoms with Crippen LogP contribution in [0.5, 0.6) is 0 Å². The number of aliphatic hydroxyl groups is 1. The first-order valence-electron chi connectivity index (χ1n) is 6.84. The maximum Gasteiger partial charge on any atom is 0.333 e. The molecule has 0 bridgehead atoms. The average Bonchev–Trinajstić information content (AvgIpc) is 2.36. The standard InChI is InChI=1S/C14H23NO4S/c1-2-3-6-12-7-4-5-8-13(12)11-14(16)9-10-19-20(15,17)18/h4-5,7-8,14,16H,2-3,6,9-11H2,1H3,(H2,15,17,18). The van der Waals surface area contributed by atoms with Crippen LogP contribution in [0, 0.1) is 0 Å². The molecule has 0 spiro atoms. The second-order valence-electron chi connectivity index (χ2n) is 4.83. The molecule has 0 fully saturated rings. The quantitative estimate of drug-likeness (QED) is 0.724. The maximum absolute atomic E-state index is 10.6. The number of benzene rings is 1. The lowest BCUT2D eigenvalue weighted by molar-refractivity contribution is 0.141. The van der Waals surface area contributed by atoms with Gasteiger partial charge in [-0.15, -0.1) is 0 Å². The molecule has 1 rings (SSSR count). The van der Waals surface area contributed by atoms with Gasteiger partial charge in [0.25, 0.3) is 0 Å². The SMILES string of the molecule is CCCCc1ccccc1CC(O)CCOS(N)(=O)=O. The molecule has 5 nitrogen and oxygen atoms in total. The van der Waals surface area contributed by atoms with Gasteiger partial charge in [-0.1, -0.05) is 37.6 Å². The van der Waals surface area contributed by atoms with Gasteiger partial charge in [0, 0.05) is 0 Å². The Labute approximate surface area is 121 Å². The van der Waals surface area contributed by atoms with Crippen LogP contribution in [0.4, 0.5) is 0 Å². The molecule has 0 amide bonds. The normalized spacial score (nSPS) is 13.3. The van der Waals surface area contributed by atoms with E-state index in [-0.39, 0.29) is 13.0 Å². The molecule has 0 aliphatic heterocycles. The molecule has 1 aromatic rings. The summed E-state index contributed by atoms with van der Waals surface area (Å²) in [6.45, 7) is 2.04. The Morgan fingerprint density at radius 1 is 1.30 bits per heavy atom. The molecule has 0 aromatic heterocycles. The van der Waals surface area contributed by atoms with E-state index in [9.17, 15) is 13.5 Å². The monoisotopic (exact) mass is 301 g/mol. The van der Waals surface area contributed by atoms with E-state index in [4.69, 9.17) is 5.14 Å². The number of aryl methyl sites for hydroxylation is 1. The first-order chi connectivity index (χ1) is 9.42. The van der Waals surface area contributed by atoms with Crippen molar-refractivity contribution in [1.29, 1.82) is 0 Å². The first kappa shape index (κ1) is 17.1. The minimum Gasteiger partial charge on any atom is -0.393 e. The molecule has 1 unspecified atom stereocenters. The van der Waals surface area contributed by atoms with Gasteiger partial charge in [-0.25, -0.2) is 5.14 Å². The molecular weight excluding hydrogens is 278 g/mol. The third-order valence-corrected chi connectivity index (χ3v) is 3.57. The third-order valence-electron chi connectivity index (χ3n) is 3.07. The first-order valence-corrected chi connectivity index (χ1v) is 8.31. The molecule has 0 aliphatic rings. The van der Waals surface area contributed by atoms with E-state index in [0.29, 0.717) is 6.42 Å². The number of unbranched alkanes of at least 4 members (excludes halogenated alkanes) is 1. The number of aliphatic hydroxyl groups excluding tert-OH is 1. The number of rotatable bonds is 9. The van der Waals surface area contributed by atoms with Crippen molar-refractivity contribution in [2.75, 3.05) is 6.61 Å². The maximum atomic E-state index is 10.6. The minimum atomic E-state index is -3.92. The average molecular weight is 301 g/mol. The smallest absolute Gasteiger partial charge is 0.333 e. The molecule has 0 heterocycles. The lowest BCUT2D eigenvalue weighted by atomic mass is 9.97. The Bertz CT molecular complexity index is 502. The fraction of sp³-hybridized carbons (Fsp3) is 0.571. The number of nitrogens with two attached hydrogens (primary N) is 1. The highest BCUT2D eigenvalue weighted by atomic mass is 32.2. The fourth-order valence-corrected chi connectivity index (χ4v) is 2.35. The lowest BCUT2D eigenvalue weighted by Crippen LogP contribution is -2.20. The highest BCUT2D eigenvalue weighted by molar-refractivity contribution is 7.84. The molecule has 0 saturated heterocycles. The highest BCUT2D eigenvalue weighted by Gasteiger charge is 2.11. The van der Waals surface area contributed by atoms with Crippen LogP contribution in [-0.2, 0) is 27.3 Å². The Kier molecular flexibility index (Phi) is 7.15. The van der Waals surface area contributed by atoms with Gasteiger partial charge >= 0.3 is 10.3 Å². The van der Waals surface area contributed by atoms with Gasteiger partial charge in [-0.2, -0.15) is 8.42 Å². The van der Waals surface area contributed by atoms with Gasteiger partial charge in [-0.3, -0.25) is 4.18 Å². The molecule has 1 aromatic carbocycles. The molecule has 3 N–H and O–H groups in total. The van der Waals surface area contributed by atoms with E-state index >= 15 is 0 Å².